The van der Waals surface area contributed by atoms with Crippen molar-refractivity contribution in [3.8, 4) is 0 Å². The van der Waals surface area contributed by atoms with E-state index in [9.17, 15) is 0 Å². The predicted molar refractivity (Wildman–Crippen MR) is 81.5 cm³/mol. The van der Waals surface area contributed by atoms with Gasteiger partial charge in [-0.1, -0.05) is 19.3 Å². The van der Waals surface area contributed by atoms with Crippen LogP contribution in [0.25, 0.3) is 0 Å². The van der Waals surface area contributed by atoms with Gasteiger partial charge in [0.25, 0.3) is 0 Å². The molecule has 0 bridgehead atoms. The molecule has 0 unspecified atom stereocenters. The van der Waals surface area contributed by atoms with E-state index < -0.39 is 0 Å². The lowest BCUT2D eigenvalue weighted by atomic mass is 9.78. The van der Waals surface area contributed by atoms with Gasteiger partial charge in [0, 0.05) is 26.4 Å². The summed E-state index contributed by atoms with van der Waals surface area (Å²) in [6.45, 7) is 10.8. The van der Waals surface area contributed by atoms with Crippen LogP contribution in [0.1, 0.15) is 47.0 Å². The van der Waals surface area contributed by atoms with E-state index in [4.69, 9.17) is 18.6 Å². The van der Waals surface area contributed by atoms with Crippen LogP contribution >= 0.6 is 0 Å². The van der Waals surface area contributed by atoms with Gasteiger partial charge >= 0.3 is 14.2 Å². The van der Waals surface area contributed by atoms with Crippen LogP contribution in [0, 0.1) is 0 Å². The van der Waals surface area contributed by atoms with Crippen molar-refractivity contribution in [1.29, 1.82) is 0 Å². The van der Waals surface area contributed by atoms with Crippen molar-refractivity contribution in [2.45, 2.75) is 59.6 Å². The first-order valence-electron chi connectivity index (χ1n) is 7.74. The molecule has 4 nitrogen and oxygen atoms in total. The minimum atomic E-state index is -0.0374. The molecule has 0 fully saturated rings. The van der Waals surface area contributed by atoms with Crippen molar-refractivity contribution in [3.63, 3.8) is 0 Å². The number of rotatable bonds is 14. The molecule has 0 saturated carbocycles. The molecule has 0 aromatic heterocycles. The third kappa shape index (κ3) is 11.5. The van der Waals surface area contributed by atoms with Crippen molar-refractivity contribution >= 4 is 14.2 Å². The first kappa shape index (κ1) is 19.0. The predicted octanol–water partition coefficient (Wildman–Crippen LogP) is 3.28. The third-order valence-corrected chi connectivity index (χ3v) is 2.79. The highest BCUT2D eigenvalue weighted by Gasteiger charge is 2.18. The maximum Gasteiger partial charge on any atom is 0.456 e. The van der Waals surface area contributed by atoms with Crippen LogP contribution in [0.15, 0.2) is 0 Å². The Morgan fingerprint density at radius 2 is 0.842 bits per heavy atom. The molecule has 0 aliphatic heterocycles. The molecule has 0 radical (unpaired) electrons. The van der Waals surface area contributed by atoms with Crippen molar-refractivity contribution < 1.29 is 18.6 Å². The molecule has 0 N–H and O–H groups in total. The lowest BCUT2D eigenvalue weighted by molar-refractivity contribution is 0.211. The monoisotopic (exact) mass is 272 g/mol. The van der Waals surface area contributed by atoms with Gasteiger partial charge in [-0.15, -0.1) is 0 Å². The summed E-state index contributed by atoms with van der Waals surface area (Å²) in [5, 5.41) is 0. The average molecular weight is 272 g/mol. The Bertz CT molecular complexity index is 154. The summed E-state index contributed by atoms with van der Waals surface area (Å²) < 4.78 is 22.1. The first-order valence-corrected chi connectivity index (χ1v) is 7.74. The molecule has 0 aliphatic rings. The van der Waals surface area contributed by atoms with Crippen molar-refractivity contribution in [2.75, 3.05) is 26.4 Å². The van der Waals surface area contributed by atoms with Gasteiger partial charge in [0.05, 0.1) is 0 Å². The highest BCUT2D eigenvalue weighted by atomic mass is 16.6. The van der Waals surface area contributed by atoms with Crippen molar-refractivity contribution in [3.05, 3.63) is 0 Å². The average Bonchev–Trinajstić information content (AvgIpc) is 2.39. The van der Waals surface area contributed by atoms with Crippen molar-refractivity contribution in [1.82, 2.24) is 0 Å². The van der Waals surface area contributed by atoms with E-state index in [1.807, 2.05) is 27.7 Å². The summed E-state index contributed by atoms with van der Waals surface area (Å²) in [6, 6.07) is 0. The summed E-state index contributed by atoms with van der Waals surface area (Å²) in [5.74, 6) is 0. The Hall–Kier alpha value is -0.0301. The number of hydrogen-bond donors (Lipinski definition) is 0. The number of hydrogen-bond acceptors (Lipinski definition) is 4. The molecule has 112 valence electrons. The van der Waals surface area contributed by atoms with Crippen molar-refractivity contribution in [2.24, 2.45) is 0 Å². The molecule has 0 saturated heterocycles. The summed E-state index contributed by atoms with van der Waals surface area (Å²) in [6.07, 6.45) is 5.34. The second kappa shape index (κ2) is 14.4. The third-order valence-electron chi connectivity index (χ3n) is 2.79. The van der Waals surface area contributed by atoms with E-state index in [1.165, 1.54) is 0 Å². The van der Waals surface area contributed by atoms with Gasteiger partial charge < -0.3 is 18.6 Å². The fourth-order valence-corrected chi connectivity index (χ4v) is 1.97. The van der Waals surface area contributed by atoms with E-state index >= 15 is 0 Å². The molecule has 0 aliphatic carbocycles. The van der Waals surface area contributed by atoms with E-state index in [2.05, 4.69) is 0 Å². The molecule has 0 spiro atoms. The second-order valence-corrected chi connectivity index (χ2v) is 4.32. The molecule has 6 heteroatoms. The standard InChI is InChI=1S/C13H30B2O4/c1-5-16-14(17-6-2)12-10-9-11-13-15(18-7-3)19-8-4/h5-13H2,1-4H3. The molecule has 0 aromatic rings. The lowest BCUT2D eigenvalue weighted by Crippen LogP contribution is -2.23. The van der Waals surface area contributed by atoms with Gasteiger partial charge in [0.15, 0.2) is 0 Å². The van der Waals surface area contributed by atoms with Gasteiger partial charge in [0.1, 0.15) is 0 Å². The van der Waals surface area contributed by atoms with Crippen LogP contribution < -0.4 is 0 Å². The largest absolute Gasteiger partial charge is 0.456 e. The maximum atomic E-state index is 5.52. The first-order chi connectivity index (χ1) is 9.28. The van der Waals surface area contributed by atoms with Gasteiger partial charge in [-0.2, -0.15) is 0 Å². The molecular weight excluding hydrogens is 242 g/mol. The van der Waals surface area contributed by atoms with Gasteiger partial charge in [-0.25, -0.2) is 0 Å². The normalized spacial score (nSPS) is 10.7. The topological polar surface area (TPSA) is 36.9 Å². The van der Waals surface area contributed by atoms with Crippen LogP contribution in [0.4, 0.5) is 0 Å². The van der Waals surface area contributed by atoms with Gasteiger partial charge in [-0.05, 0) is 40.3 Å². The van der Waals surface area contributed by atoms with Crippen LogP contribution in [0.2, 0.25) is 12.6 Å². The highest BCUT2D eigenvalue weighted by molar-refractivity contribution is 6.44. The van der Waals surface area contributed by atoms with E-state index in [1.54, 1.807) is 0 Å². The Labute approximate surface area is 119 Å². The summed E-state index contributed by atoms with van der Waals surface area (Å²) in [4.78, 5) is 0. The molecule has 0 amide bonds. The summed E-state index contributed by atoms with van der Waals surface area (Å²) in [5.41, 5.74) is 0. The van der Waals surface area contributed by atoms with E-state index in [0.717, 1.165) is 31.9 Å². The molecule has 19 heavy (non-hydrogen) atoms. The van der Waals surface area contributed by atoms with Crippen LogP contribution in [-0.2, 0) is 18.6 Å². The van der Waals surface area contributed by atoms with Crippen LogP contribution in [0.5, 0.6) is 0 Å². The fourth-order valence-electron chi connectivity index (χ4n) is 1.97. The minimum absolute atomic E-state index is 0.0374. The molecule has 0 rings (SSSR count). The van der Waals surface area contributed by atoms with Crippen LogP contribution in [-0.4, -0.2) is 40.7 Å². The highest BCUT2D eigenvalue weighted by Crippen LogP contribution is 2.11. The van der Waals surface area contributed by atoms with Gasteiger partial charge in [-0.3, -0.25) is 0 Å². The van der Waals surface area contributed by atoms with Crippen LogP contribution in [0.3, 0.4) is 0 Å². The zero-order chi connectivity index (χ0) is 14.3. The molecule has 0 aromatic carbocycles. The zero-order valence-corrected chi connectivity index (χ0v) is 13.2. The fraction of sp³-hybridized carbons (Fsp3) is 1.00. The zero-order valence-electron chi connectivity index (χ0n) is 13.2. The molecule has 0 atom stereocenters. The Kier molecular flexibility index (Phi) is 14.4. The summed E-state index contributed by atoms with van der Waals surface area (Å²) in [7, 11) is -0.0749. The Morgan fingerprint density at radius 1 is 0.526 bits per heavy atom. The SMILES string of the molecule is CCOB(CCCCCB(OCC)OCC)OCC. The maximum absolute atomic E-state index is 5.52. The van der Waals surface area contributed by atoms with E-state index in [-0.39, 0.29) is 14.2 Å². The smallest absolute Gasteiger partial charge is 0.411 e. The summed E-state index contributed by atoms with van der Waals surface area (Å²) >= 11 is 0. The van der Waals surface area contributed by atoms with Gasteiger partial charge in [0.2, 0.25) is 0 Å². The molecule has 0 heterocycles. The molecular formula is C13H30B2O4. The van der Waals surface area contributed by atoms with E-state index in [0.29, 0.717) is 26.4 Å². The second-order valence-electron chi connectivity index (χ2n) is 4.32. The Balaban J connectivity index is 3.59. The minimum Gasteiger partial charge on any atom is -0.411 e. The quantitative estimate of drug-likeness (QED) is 0.359. The lowest BCUT2D eigenvalue weighted by Gasteiger charge is -2.13. The Morgan fingerprint density at radius 3 is 1.11 bits per heavy atom. The number of unbranched alkanes of at least 4 members (excludes halogenated alkanes) is 2.